The van der Waals surface area contributed by atoms with Gasteiger partial charge in [-0.05, 0) is 248 Å². The molecule has 0 aromatic carbocycles. The summed E-state index contributed by atoms with van der Waals surface area (Å²) in [6.45, 7) is 24.3. The Morgan fingerprint density at radius 3 is 0.962 bits per heavy atom. The van der Waals surface area contributed by atoms with Crippen molar-refractivity contribution in [2.24, 2.45) is 87.3 Å². The summed E-state index contributed by atoms with van der Waals surface area (Å²) < 4.78 is 44.7. The van der Waals surface area contributed by atoms with E-state index >= 15 is 0 Å². The van der Waals surface area contributed by atoms with Crippen LogP contribution in [0, 0.1) is 87.3 Å². The van der Waals surface area contributed by atoms with Gasteiger partial charge in [-0.1, -0.05) is 34.6 Å². The average molecular weight is 1100 g/mol. The summed E-state index contributed by atoms with van der Waals surface area (Å²) in [6, 6.07) is 0. The maximum atomic E-state index is 12.5. The second-order valence-corrected chi connectivity index (χ2v) is 28.1. The third-order valence-electron chi connectivity index (χ3n) is 22.1. The first-order valence-electron chi connectivity index (χ1n) is 31.2. The molecule has 0 unspecified atom stereocenters. The van der Waals surface area contributed by atoms with Crippen molar-refractivity contribution in [2.75, 3.05) is 46.2 Å². The van der Waals surface area contributed by atoms with E-state index in [9.17, 15) is 28.8 Å². The Balaban J connectivity index is 0.000000170. The summed E-state index contributed by atoms with van der Waals surface area (Å²) in [5.41, 5.74) is -2.29. The topological polar surface area (TPSA) is 176 Å². The molecule has 12 aliphatic carbocycles. The summed E-state index contributed by atoms with van der Waals surface area (Å²) in [4.78, 5) is 73.0. The molecule has 12 rings (SSSR count). The first kappa shape index (κ1) is 62.3. The Hall–Kier alpha value is -3.26. The Bertz CT molecular complexity index is 1990. The van der Waals surface area contributed by atoms with Crippen LogP contribution in [0.2, 0.25) is 0 Å². The van der Waals surface area contributed by atoms with E-state index in [4.69, 9.17) is 37.9 Å². The van der Waals surface area contributed by atoms with Gasteiger partial charge in [-0.3, -0.25) is 19.2 Å². The quantitative estimate of drug-likeness (QED) is 0.0507. The summed E-state index contributed by atoms with van der Waals surface area (Å²) in [5.74, 6) is 6.83. The Kier molecular flexibility index (Phi) is 20.7. The molecule has 0 saturated heterocycles. The van der Waals surface area contributed by atoms with Crippen LogP contribution < -0.4 is 0 Å². The van der Waals surface area contributed by atoms with Gasteiger partial charge in [0.2, 0.25) is 0 Å². The van der Waals surface area contributed by atoms with E-state index in [0.29, 0.717) is 35.5 Å². The predicted octanol–water partition coefficient (Wildman–Crippen LogP) is 12.4. The molecule has 78 heavy (non-hydrogen) atoms. The minimum Gasteiger partial charge on any atom is -0.465 e. The lowest BCUT2D eigenvalue weighted by molar-refractivity contribution is -0.214. The van der Waals surface area contributed by atoms with Crippen LogP contribution in [0.25, 0.3) is 0 Å². The molecule has 0 spiro atoms. The Labute approximate surface area is 469 Å². The van der Waals surface area contributed by atoms with Crippen molar-refractivity contribution in [1.29, 1.82) is 0 Å². The molecule has 12 fully saturated rings. The molecule has 12 bridgehead atoms. The molecular weight excluding hydrogens is 993 g/mol. The predicted molar refractivity (Wildman–Crippen MR) is 295 cm³/mol. The summed E-state index contributed by atoms with van der Waals surface area (Å²) >= 11 is 0. The van der Waals surface area contributed by atoms with Gasteiger partial charge in [-0.15, -0.1) is 0 Å². The molecule has 444 valence electrons. The highest BCUT2D eigenvalue weighted by molar-refractivity contribution is 5.77. The first-order chi connectivity index (χ1) is 36.8. The van der Waals surface area contributed by atoms with Gasteiger partial charge < -0.3 is 37.9 Å². The molecule has 0 aromatic heterocycles. The van der Waals surface area contributed by atoms with Crippen LogP contribution in [-0.2, 0) is 66.7 Å². The number of carbonyl (C=O) groups is 6. The van der Waals surface area contributed by atoms with E-state index in [0.717, 1.165) is 67.6 Å². The van der Waals surface area contributed by atoms with Gasteiger partial charge in [0.1, 0.15) is 49.8 Å². The van der Waals surface area contributed by atoms with E-state index in [2.05, 4.69) is 20.8 Å². The average Bonchev–Trinajstić information content (AvgIpc) is 3.43. The molecule has 12 aliphatic rings. The zero-order valence-corrected chi connectivity index (χ0v) is 50.4. The fourth-order valence-electron chi connectivity index (χ4n) is 16.6. The van der Waals surface area contributed by atoms with E-state index in [-0.39, 0.29) is 105 Å². The monoisotopic (exact) mass is 1100 g/mol. The number of ether oxygens (including phenoxy) is 8. The zero-order chi connectivity index (χ0) is 56.8. The lowest BCUT2D eigenvalue weighted by Gasteiger charge is -2.60. The normalized spacial score (nSPS) is 35.4. The van der Waals surface area contributed by atoms with Crippen molar-refractivity contribution in [1.82, 2.24) is 0 Å². The molecule has 14 nitrogen and oxygen atoms in total. The molecule has 0 N–H and O–H groups in total. The van der Waals surface area contributed by atoms with Gasteiger partial charge in [-0.25, -0.2) is 9.59 Å². The van der Waals surface area contributed by atoms with E-state index in [1.54, 1.807) is 0 Å². The van der Waals surface area contributed by atoms with Crippen LogP contribution in [0.4, 0.5) is 0 Å². The SMILES string of the molecule is CCC(C)(C)C(=O)OCCC(=O)OC1(CC)C2CC3CC(C2)CC1C3.CCC(C)(C)C(=O)OCCOCC(=O)OC1(C)C2CC3CC(C2)CC1C3.CCC(C)(C)C(=O)OCCOCC(=O)OC1(CC)C2CC3CC(C2)CC1C3. The van der Waals surface area contributed by atoms with E-state index in [1.165, 1.54) is 96.3 Å². The van der Waals surface area contributed by atoms with Gasteiger partial charge in [-0.2, -0.15) is 0 Å². The number of carbonyl (C=O) groups excluding carboxylic acids is 6. The van der Waals surface area contributed by atoms with Crippen molar-refractivity contribution in [3.63, 3.8) is 0 Å². The minimum absolute atomic E-state index is 0.0667. The fraction of sp³-hybridized carbons (Fsp3) is 0.906. The molecule has 0 atom stereocenters. The summed E-state index contributed by atoms with van der Waals surface area (Å²) in [5, 5.41) is 0. The first-order valence-corrected chi connectivity index (χ1v) is 31.2. The highest BCUT2D eigenvalue weighted by Gasteiger charge is 2.61. The van der Waals surface area contributed by atoms with Gasteiger partial charge in [0.05, 0.1) is 35.9 Å². The fourth-order valence-corrected chi connectivity index (χ4v) is 16.6. The van der Waals surface area contributed by atoms with Crippen LogP contribution >= 0.6 is 0 Å². The third-order valence-corrected chi connectivity index (χ3v) is 22.1. The number of hydrogen-bond acceptors (Lipinski definition) is 14. The Morgan fingerprint density at radius 2 is 0.654 bits per heavy atom. The van der Waals surface area contributed by atoms with Gasteiger partial charge in [0, 0.05) is 0 Å². The smallest absolute Gasteiger partial charge is 0.332 e. The second-order valence-electron chi connectivity index (χ2n) is 28.1. The maximum Gasteiger partial charge on any atom is 0.332 e. The Morgan fingerprint density at radius 1 is 0.372 bits per heavy atom. The van der Waals surface area contributed by atoms with Gasteiger partial charge in [0.25, 0.3) is 0 Å². The second kappa shape index (κ2) is 25.9. The van der Waals surface area contributed by atoms with Crippen LogP contribution in [0.15, 0.2) is 0 Å². The van der Waals surface area contributed by atoms with Crippen LogP contribution in [-0.4, -0.2) is 98.9 Å². The molecule has 0 heterocycles. The molecule has 0 amide bonds. The molecule has 0 radical (unpaired) electrons. The van der Waals surface area contributed by atoms with Crippen molar-refractivity contribution in [2.45, 2.75) is 235 Å². The number of rotatable bonds is 24. The lowest BCUT2D eigenvalue weighted by atomic mass is 9.49. The molecule has 0 aliphatic heterocycles. The highest BCUT2D eigenvalue weighted by atomic mass is 16.6. The maximum absolute atomic E-state index is 12.5. The van der Waals surface area contributed by atoms with Gasteiger partial charge in [0.15, 0.2) is 0 Å². The zero-order valence-electron chi connectivity index (χ0n) is 50.4. The summed E-state index contributed by atoms with van der Waals surface area (Å²) in [6.07, 6.45) is 23.0. The third kappa shape index (κ3) is 14.1. The van der Waals surface area contributed by atoms with Crippen molar-refractivity contribution >= 4 is 35.8 Å². The standard InChI is InChI=1S/C22H36O5.C21H34O5.C21H34O4/c1-5-21(3,4)20(24)26-8-7-25-14-19(23)27-22(6-2)17-10-15-9-16(12-17)13-18(22)11-15;1-5-20(2,3)19(23)25-7-6-24-13-18(22)26-21(4)16-9-14-8-15(11-16)12-17(21)10-14;1-5-20(3,4)19(23)24-8-7-18(22)25-21(6-2)16-10-14-9-15(12-16)13-17(21)11-14/h15-18H,5-14H2,1-4H3;14-17H,5-13H2,1-4H3;14-17H,5-13H2,1-4H3. The van der Waals surface area contributed by atoms with E-state index < -0.39 is 16.2 Å². The van der Waals surface area contributed by atoms with Gasteiger partial charge >= 0.3 is 35.8 Å². The summed E-state index contributed by atoms with van der Waals surface area (Å²) in [7, 11) is 0. The molecule has 0 aromatic rings. The molecule has 14 heteroatoms. The van der Waals surface area contributed by atoms with Crippen LogP contribution in [0.1, 0.15) is 218 Å². The minimum atomic E-state index is -0.490. The number of hydrogen-bond donors (Lipinski definition) is 0. The largest absolute Gasteiger partial charge is 0.465 e. The van der Waals surface area contributed by atoms with Crippen molar-refractivity contribution in [3.8, 4) is 0 Å². The van der Waals surface area contributed by atoms with Crippen molar-refractivity contribution in [3.05, 3.63) is 0 Å². The van der Waals surface area contributed by atoms with Crippen molar-refractivity contribution < 1.29 is 66.7 Å². The molecular formula is C64H104O14. The lowest BCUT2D eigenvalue weighted by Crippen LogP contribution is -2.59. The van der Waals surface area contributed by atoms with Crippen LogP contribution in [0.3, 0.4) is 0 Å². The molecule has 12 saturated carbocycles. The van der Waals surface area contributed by atoms with Crippen LogP contribution in [0.5, 0.6) is 0 Å². The number of esters is 6. The van der Waals surface area contributed by atoms with E-state index in [1.807, 2.05) is 62.3 Å². The highest BCUT2D eigenvalue weighted by Crippen LogP contribution is 2.63.